The summed E-state index contributed by atoms with van der Waals surface area (Å²) in [7, 11) is 0. The number of hydrogen-bond acceptors (Lipinski definition) is 16. The Morgan fingerprint density at radius 1 is 0.847 bits per heavy atom. The molecule has 4 aromatic carbocycles. The first-order chi connectivity index (χ1) is 34.5. The van der Waals surface area contributed by atoms with E-state index in [0.717, 1.165) is 11.1 Å². The molecule has 0 aliphatic carbocycles. The second kappa shape index (κ2) is 25.4. The van der Waals surface area contributed by atoms with Crippen LogP contribution in [0.25, 0.3) is 21.8 Å². The van der Waals surface area contributed by atoms with Gasteiger partial charge in [-0.05, 0) is 56.0 Å². The first-order valence-electron chi connectivity index (χ1n) is 23.1. The maximum absolute atomic E-state index is 13.6. The number of rotatable bonds is 24. The van der Waals surface area contributed by atoms with Gasteiger partial charge in [-0.15, -0.1) is 0 Å². The molecule has 1 unspecified atom stereocenters. The number of primary amides is 1. The molecular formula is C50H57N7O15. The number of aliphatic hydroxyl groups is 1. The van der Waals surface area contributed by atoms with Crippen molar-refractivity contribution in [3.8, 4) is 0 Å². The molecule has 1 fully saturated rings. The minimum atomic E-state index is -1.65. The number of carbonyl (C=O) groups excluding carboxylic acids is 6. The summed E-state index contributed by atoms with van der Waals surface area (Å²) in [5, 5.41) is 34.7. The highest BCUT2D eigenvalue weighted by atomic mass is 16.7. The number of non-ortho nitro benzene ring substituents is 1. The van der Waals surface area contributed by atoms with Gasteiger partial charge in [-0.2, -0.15) is 0 Å². The highest BCUT2D eigenvalue weighted by Crippen LogP contribution is 2.30. The van der Waals surface area contributed by atoms with Gasteiger partial charge in [0.15, 0.2) is 11.7 Å². The third-order valence-corrected chi connectivity index (χ3v) is 11.6. The highest BCUT2D eigenvalue weighted by Gasteiger charge is 2.49. The summed E-state index contributed by atoms with van der Waals surface area (Å²) in [4.78, 5) is 105. The summed E-state index contributed by atoms with van der Waals surface area (Å²) < 4.78 is 29.1. The van der Waals surface area contributed by atoms with Crippen LogP contribution >= 0.6 is 0 Å². The van der Waals surface area contributed by atoms with E-state index in [0.29, 0.717) is 16.6 Å². The fourth-order valence-electron chi connectivity index (χ4n) is 7.86. The predicted octanol–water partition coefficient (Wildman–Crippen LogP) is 2.90. The number of nitro groups is 1. The number of esters is 2. The Bertz CT molecular complexity index is 2790. The van der Waals surface area contributed by atoms with Crippen molar-refractivity contribution in [1.82, 2.24) is 20.9 Å². The van der Waals surface area contributed by atoms with Gasteiger partial charge in [0.05, 0.1) is 16.9 Å². The zero-order valence-corrected chi connectivity index (χ0v) is 39.7. The molecule has 1 aliphatic heterocycles. The second-order valence-corrected chi connectivity index (χ2v) is 17.0. The monoisotopic (exact) mass is 995 g/mol. The van der Waals surface area contributed by atoms with Crippen molar-refractivity contribution < 1.29 is 62.5 Å². The molecule has 0 radical (unpaired) electrons. The quantitative estimate of drug-likeness (QED) is 0.0154. The van der Waals surface area contributed by atoms with Crippen molar-refractivity contribution >= 4 is 68.7 Å². The van der Waals surface area contributed by atoms with Gasteiger partial charge in [-0.1, -0.05) is 72.8 Å². The molecule has 8 N–H and O–H groups in total. The van der Waals surface area contributed by atoms with E-state index in [-0.39, 0.29) is 62.0 Å². The van der Waals surface area contributed by atoms with Crippen LogP contribution in [0.2, 0.25) is 0 Å². The van der Waals surface area contributed by atoms with Gasteiger partial charge in [0.1, 0.15) is 61.3 Å². The van der Waals surface area contributed by atoms with Gasteiger partial charge in [0.2, 0.25) is 23.6 Å². The van der Waals surface area contributed by atoms with Crippen molar-refractivity contribution in [2.75, 3.05) is 18.5 Å². The lowest BCUT2D eigenvalue weighted by Crippen LogP contribution is -2.66. The topological polar surface area (TPSA) is 319 Å². The molecule has 22 nitrogen and oxygen atoms in total. The molecule has 1 aliphatic rings. The Balaban J connectivity index is 1.07. The number of nitrogens with one attached hydrogen (secondary N) is 5. The number of benzene rings is 4. The van der Waals surface area contributed by atoms with Gasteiger partial charge >= 0.3 is 11.9 Å². The molecule has 0 bridgehead atoms. The van der Waals surface area contributed by atoms with Crippen molar-refractivity contribution in [3.63, 3.8) is 0 Å². The van der Waals surface area contributed by atoms with Crippen LogP contribution in [0.15, 0.2) is 102 Å². The normalized spacial score (nSPS) is 18.8. The first kappa shape index (κ1) is 53.6. The number of aromatic amines is 1. The van der Waals surface area contributed by atoms with E-state index in [1.807, 2.05) is 12.1 Å². The van der Waals surface area contributed by atoms with Crippen molar-refractivity contribution in [1.29, 1.82) is 0 Å². The van der Waals surface area contributed by atoms with Crippen LogP contribution in [0.5, 0.6) is 0 Å². The number of anilines is 1. The Morgan fingerprint density at radius 2 is 1.50 bits per heavy atom. The number of H-pyrrole nitrogens is 1. The van der Waals surface area contributed by atoms with E-state index in [1.54, 1.807) is 72.8 Å². The predicted molar refractivity (Wildman–Crippen MR) is 259 cm³/mol. The lowest BCUT2D eigenvalue weighted by molar-refractivity contribution is -0.383. The van der Waals surface area contributed by atoms with Crippen LogP contribution in [-0.4, -0.2) is 113 Å². The fourth-order valence-corrected chi connectivity index (χ4v) is 7.86. The third-order valence-electron chi connectivity index (χ3n) is 11.6. The van der Waals surface area contributed by atoms with Gasteiger partial charge in [-0.25, -0.2) is 0 Å². The molecule has 22 heteroatoms. The molecule has 72 heavy (non-hydrogen) atoms. The largest absolute Gasteiger partial charge is 0.463 e. The van der Waals surface area contributed by atoms with Crippen LogP contribution in [0, 0.1) is 10.1 Å². The number of nitrogens with zero attached hydrogens (tertiary/aromatic N) is 1. The standard InChI is InChI=1S/C50H57N7O15/c1-28(48(64)56-36(47(51)63)21-23-40(60)68-25-31-13-6-4-7-14-31)53-49(65)29(2)71-46-43(54-30(3)58)50(70-26-32-15-8-5-9-16-32)72-38(45(46)62)27-69-39(59)19-12-24-52-35-20-22-37(57(66)67)42-41(35)44(61)33-17-10-11-18-34(33)55-42/h4-11,13-18,20,22,28-29,36,38,43,45-46,50,52,62H,12,19,21,23-27H2,1-3H3,(H2,51,63)(H,53,65)(H,54,58)(H,55,61)(H,56,64)/t28-,29?,36+,38+,43+,45+,46+,50-/m0/s1. The van der Waals surface area contributed by atoms with Crippen molar-refractivity contribution in [2.45, 2.75) is 108 Å². The number of amides is 4. The molecule has 6 rings (SSSR count). The molecule has 2 heterocycles. The zero-order chi connectivity index (χ0) is 51.9. The van der Waals surface area contributed by atoms with Crippen molar-refractivity contribution in [2.24, 2.45) is 5.73 Å². The number of pyridine rings is 1. The number of carbonyl (C=O) groups is 6. The number of nitrogens with two attached hydrogens (primary N) is 1. The average Bonchev–Trinajstić information content (AvgIpc) is 3.36. The summed E-state index contributed by atoms with van der Waals surface area (Å²) in [6.45, 7) is 3.50. The number of nitro benzene ring substituents is 1. The highest BCUT2D eigenvalue weighted by molar-refractivity contribution is 6.03. The maximum Gasteiger partial charge on any atom is 0.306 e. The van der Waals surface area contributed by atoms with Crippen LogP contribution < -0.4 is 32.4 Å². The maximum atomic E-state index is 13.6. The van der Waals surface area contributed by atoms with Gasteiger partial charge in [-0.3, -0.25) is 43.7 Å². The van der Waals surface area contributed by atoms with Crippen LogP contribution in [0.3, 0.4) is 0 Å². The molecule has 382 valence electrons. The lowest BCUT2D eigenvalue weighted by atomic mass is 9.96. The SMILES string of the molecule is CC(=O)N[C@H]1[C@@H](OCc2ccccc2)O[C@H](COC(=O)CCCNc2ccc([N+](=O)[O-])c3[nH]c4ccccc4c(=O)c23)[C@@H](O)[C@@H]1OC(C)C(=O)N[C@@H](C)C(=O)N[C@H](CCC(=O)OCc1ccccc1)C(N)=O. The van der Waals surface area contributed by atoms with Crippen LogP contribution in [-0.2, 0) is 65.7 Å². The van der Waals surface area contributed by atoms with E-state index >= 15 is 0 Å². The first-order valence-corrected chi connectivity index (χ1v) is 23.1. The van der Waals surface area contributed by atoms with Gasteiger partial charge in [0, 0.05) is 49.0 Å². The summed E-state index contributed by atoms with van der Waals surface area (Å²) in [6, 6.07) is 23.5. The molecule has 8 atom stereocenters. The minimum absolute atomic E-state index is 0.0140. The number of fused-ring (bicyclic) bond motifs is 2. The summed E-state index contributed by atoms with van der Waals surface area (Å²) >= 11 is 0. The Kier molecular flexibility index (Phi) is 18.9. The van der Waals surface area contributed by atoms with E-state index in [2.05, 4.69) is 26.3 Å². The number of aromatic nitrogens is 1. The van der Waals surface area contributed by atoms with E-state index < -0.39 is 101 Å². The van der Waals surface area contributed by atoms with Gasteiger partial charge in [0.25, 0.3) is 5.69 Å². The third kappa shape index (κ3) is 14.4. The molecule has 4 amide bonds. The Labute approximate surface area is 412 Å². The summed E-state index contributed by atoms with van der Waals surface area (Å²) in [5.74, 6) is -4.45. The number of hydrogen-bond donors (Lipinski definition) is 7. The molecule has 5 aromatic rings. The zero-order valence-electron chi connectivity index (χ0n) is 39.7. The fraction of sp³-hybridized carbons (Fsp3) is 0.380. The molecule has 0 spiro atoms. The molecule has 1 saturated heterocycles. The molecule has 0 saturated carbocycles. The number of aliphatic hydroxyl groups excluding tert-OH is 1. The Hall–Kier alpha value is -7.79. The van der Waals surface area contributed by atoms with Gasteiger partial charge < -0.3 is 60.8 Å². The van der Waals surface area contributed by atoms with E-state index in [1.165, 1.54) is 32.9 Å². The molecule has 1 aromatic heterocycles. The molecular weight excluding hydrogens is 939 g/mol. The van der Waals surface area contributed by atoms with Crippen LogP contribution in [0.1, 0.15) is 57.6 Å². The number of para-hydroxylation sites is 1. The van der Waals surface area contributed by atoms with Crippen LogP contribution in [0.4, 0.5) is 11.4 Å². The summed E-state index contributed by atoms with van der Waals surface area (Å²) in [6.07, 6.45) is -7.51. The smallest absolute Gasteiger partial charge is 0.306 e. The van der Waals surface area contributed by atoms with E-state index in [4.69, 9.17) is 29.4 Å². The van der Waals surface area contributed by atoms with E-state index in [9.17, 15) is 48.8 Å². The van der Waals surface area contributed by atoms with Crippen molar-refractivity contribution in [3.05, 3.63) is 129 Å². The number of ether oxygens (including phenoxy) is 5. The average molecular weight is 996 g/mol. The summed E-state index contributed by atoms with van der Waals surface area (Å²) in [5.41, 5.74) is 7.10. The second-order valence-electron chi connectivity index (χ2n) is 17.0. The minimum Gasteiger partial charge on any atom is -0.463 e. The Morgan fingerprint density at radius 3 is 2.17 bits per heavy atom. The lowest BCUT2D eigenvalue weighted by Gasteiger charge is -2.45.